The van der Waals surface area contributed by atoms with E-state index in [0.717, 1.165) is 16.5 Å². The van der Waals surface area contributed by atoms with Crippen LogP contribution in [0.2, 0.25) is 0 Å². The van der Waals surface area contributed by atoms with Crippen molar-refractivity contribution in [3.05, 3.63) is 47.7 Å². The molecule has 26 heteroatoms. The molecule has 1 unspecified atom stereocenters. The third-order valence-electron chi connectivity index (χ3n) is 12.1. The van der Waals surface area contributed by atoms with Crippen LogP contribution in [0.4, 0.5) is 4.79 Å². The summed E-state index contributed by atoms with van der Waals surface area (Å²) in [5.74, 6) is -11.9. The fourth-order valence-electron chi connectivity index (χ4n) is 7.92. The fourth-order valence-corrected chi connectivity index (χ4v) is 7.92. The van der Waals surface area contributed by atoms with E-state index in [-0.39, 0.29) is 12.1 Å². The molecule has 10 N–H and O–H groups in total. The van der Waals surface area contributed by atoms with Gasteiger partial charge in [0.2, 0.25) is 41.4 Å². The molecule has 0 saturated heterocycles. The van der Waals surface area contributed by atoms with Crippen LogP contribution in [0.1, 0.15) is 106 Å². The number of rotatable bonds is 28. The molecule has 5 atom stereocenters. The summed E-state index contributed by atoms with van der Waals surface area (Å²) in [4.78, 5) is 155. The van der Waals surface area contributed by atoms with Crippen LogP contribution in [0.5, 0.6) is 0 Å². The lowest BCUT2D eigenvalue weighted by Gasteiger charge is -2.41. The Balaban J connectivity index is 2.26. The summed E-state index contributed by atoms with van der Waals surface area (Å²) in [6.45, 7) is 13.4. The van der Waals surface area contributed by atoms with Gasteiger partial charge in [0, 0.05) is 75.0 Å². The minimum Gasteiger partial charge on any atom is -0.481 e. The lowest BCUT2D eigenvalue weighted by molar-refractivity contribution is -0.143. The molecule has 0 saturated carbocycles. The number of carbonyl (C=O) groups is 12. The van der Waals surface area contributed by atoms with Gasteiger partial charge in [-0.1, -0.05) is 58.9 Å². The highest BCUT2D eigenvalue weighted by atomic mass is 16.6. The molecule has 0 aliphatic heterocycles. The number of ether oxygens (including phenoxy) is 1. The standard InChI is InChI=1S/C51H75N9O17/c1-28(42(69)56-32(18-21-38(65)66)44(71)53-25-35(61)54-31(17-20-37(63)64)43(70)52-26-36(62)55-33(47(74)75)19-22-39(67)68)23-24-58(10)46(73)40(49(2,3)4)57-45(72)41(60(12)48(76)77-50(5,6)7)51(8,9)30-27-59(11)34-16-14-13-15-29(30)34/h13-16,23,27,31-33,40-41H,17-22,24-26H2,1-12H3,(H,52,70)(H,53,71)(H,54,61)(H,55,62)(H,56,69)(H,57,72)(H,63,64)(H,65,66)(H,67,68)(H,74,75)/b28-23+/t31-,32-,33-,40?,41+/m0/s1. The maximum atomic E-state index is 14.8. The maximum absolute atomic E-state index is 14.8. The third kappa shape index (κ3) is 20.5. The van der Waals surface area contributed by atoms with Crippen LogP contribution in [0, 0.1) is 5.41 Å². The van der Waals surface area contributed by atoms with E-state index in [0.29, 0.717) is 0 Å². The van der Waals surface area contributed by atoms with E-state index >= 15 is 0 Å². The molecule has 0 spiro atoms. The molecule has 2 rings (SSSR count). The number of benzene rings is 1. The lowest BCUT2D eigenvalue weighted by atomic mass is 9.76. The summed E-state index contributed by atoms with van der Waals surface area (Å²) in [5.41, 5.74) is -1.28. The Morgan fingerprint density at radius 3 is 1.60 bits per heavy atom. The van der Waals surface area contributed by atoms with Crippen LogP contribution in [0.3, 0.4) is 0 Å². The highest BCUT2D eigenvalue weighted by molar-refractivity contribution is 5.98. The van der Waals surface area contributed by atoms with Crippen LogP contribution in [-0.4, -0.2) is 176 Å². The molecular formula is C51H75N9O17. The van der Waals surface area contributed by atoms with E-state index in [1.807, 2.05) is 61.2 Å². The van der Waals surface area contributed by atoms with Gasteiger partial charge in [0.1, 0.15) is 35.8 Å². The van der Waals surface area contributed by atoms with Crippen LogP contribution < -0.4 is 31.9 Å². The van der Waals surface area contributed by atoms with Crippen molar-refractivity contribution in [2.45, 2.75) is 142 Å². The van der Waals surface area contributed by atoms with Crippen molar-refractivity contribution in [2.75, 3.05) is 33.7 Å². The van der Waals surface area contributed by atoms with E-state index in [2.05, 4.69) is 26.6 Å². The summed E-state index contributed by atoms with van der Waals surface area (Å²) < 4.78 is 7.62. The summed E-state index contributed by atoms with van der Waals surface area (Å²) in [7, 11) is 4.76. The number of aromatic nitrogens is 1. The lowest BCUT2D eigenvalue weighted by Crippen LogP contribution is -2.62. The quantitative estimate of drug-likeness (QED) is 0.0531. The number of fused-ring (bicyclic) bond motifs is 1. The van der Waals surface area contributed by atoms with E-state index in [1.165, 1.54) is 36.9 Å². The SMILES string of the molecule is C/C(=C\CN(C)C(=O)C(NC(=O)[C@@H](N(C)C(=O)OC(C)(C)C)C(C)(C)c1cn(C)c2ccccc12)C(C)(C)C)C(=O)N[C@@H](CCC(=O)O)C(=O)NCC(=O)N[C@@H](CCC(=O)O)C(=O)NCC(=O)N[C@@H](CCC(=O)O)C(=O)O. The average Bonchev–Trinajstić information content (AvgIpc) is 3.67. The van der Waals surface area contributed by atoms with E-state index in [1.54, 1.807) is 41.5 Å². The minimum absolute atomic E-state index is 0.0255. The number of amides is 8. The first-order valence-corrected chi connectivity index (χ1v) is 24.5. The van der Waals surface area contributed by atoms with Crippen LogP contribution >= 0.6 is 0 Å². The van der Waals surface area contributed by atoms with Crippen LogP contribution in [-0.2, 0) is 69.9 Å². The molecule has 0 aliphatic rings. The summed E-state index contributed by atoms with van der Waals surface area (Å²) in [6, 6.07) is 0.433. The van der Waals surface area contributed by atoms with Crippen molar-refractivity contribution in [1.29, 1.82) is 0 Å². The van der Waals surface area contributed by atoms with E-state index in [9.17, 15) is 72.9 Å². The second kappa shape index (κ2) is 28.2. The molecule has 1 aromatic carbocycles. The zero-order valence-electron chi connectivity index (χ0n) is 45.7. The Morgan fingerprint density at radius 1 is 0.662 bits per heavy atom. The molecule has 0 fully saturated rings. The molecule has 77 heavy (non-hydrogen) atoms. The highest BCUT2D eigenvalue weighted by Crippen LogP contribution is 2.37. The van der Waals surface area contributed by atoms with Gasteiger partial charge in [-0.05, 0) is 64.0 Å². The molecule has 26 nitrogen and oxygen atoms in total. The predicted octanol–water partition coefficient (Wildman–Crippen LogP) is 0.993. The van der Waals surface area contributed by atoms with Gasteiger partial charge >= 0.3 is 30.0 Å². The molecule has 8 amide bonds. The zero-order valence-corrected chi connectivity index (χ0v) is 45.7. The van der Waals surface area contributed by atoms with Crippen molar-refractivity contribution in [3.8, 4) is 0 Å². The van der Waals surface area contributed by atoms with Gasteiger partial charge in [0.05, 0.1) is 13.1 Å². The number of aliphatic carboxylic acids is 4. The number of hydrogen-bond donors (Lipinski definition) is 10. The van der Waals surface area contributed by atoms with Gasteiger partial charge < -0.3 is 66.5 Å². The largest absolute Gasteiger partial charge is 0.481 e. The fraction of sp³-hybridized carbons (Fsp3) is 0.569. The molecule has 0 radical (unpaired) electrons. The van der Waals surface area contributed by atoms with Crippen molar-refractivity contribution in [1.82, 2.24) is 46.3 Å². The number of carboxylic acid groups (broad SMARTS) is 4. The number of carboxylic acids is 4. The molecule has 1 aromatic heterocycles. The number of hydrogen-bond acceptors (Lipinski definition) is 13. The predicted molar refractivity (Wildman–Crippen MR) is 277 cm³/mol. The van der Waals surface area contributed by atoms with Gasteiger partial charge in [-0.15, -0.1) is 0 Å². The number of carbonyl (C=O) groups excluding carboxylic acids is 8. The minimum atomic E-state index is -1.61. The monoisotopic (exact) mass is 1090 g/mol. The topological polar surface area (TPSA) is 379 Å². The van der Waals surface area contributed by atoms with Crippen molar-refractivity contribution >= 4 is 82.2 Å². The van der Waals surface area contributed by atoms with Crippen molar-refractivity contribution in [3.63, 3.8) is 0 Å². The third-order valence-corrected chi connectivity index (χ3v) is 12.1. The Labute approximate surface area is 446 Å². The van der Waals surface area contributed by atoms with E-state index < -0.39 is 170 Å². The first-order chi connectivity index (χ1) is 35.5. The van der Waals surface area contributed by atoms with Gasteiger partial charge in [0.15, 0.2) is 0 Å². The molecule has 1 heterocycles. The first kappa shape index (κ1) is 65.1. The number of likely N-dealkylation sites (N-methyl/N-ethyl adjacent to an activating group) is 2. The Hall–Kier alpha value is -8.06. The Bertz CT molecular complexity index is 2580. The molecule has 0 aliphatic carbocycles. The second-order valence-corrected chi connectivity index (χ2v) is 21.1. The summed E-state index contributed by atoms with van der Waals surface area (Å²) in [5, 5.41) is 51.5. The smallest absolute Gasteiger partial charge is 0.410 e. The normalized spacial score (nSPS) is 13.8. The number of nitrogens with zero attached hydrogens (tertiary/aromatic N) is 3. The van der Waals surface area contributed by atoms with Gasteiger partial charge in [-0.2, -0.15) is 0 Å². The number of aryl methyl sites for hydroxylation is 1. The molecule has 0 bridgehead atoms. The van der Waals surface area contributed by atoms with Crippen LogP contribution in [0.25, 0.3) is 10.9 Å². The summed E-state index contributed by atoms with van der Waals surface area (Å²) in [6.07, 6.45) is -0.820. The van der Waals surface area contributed by atoms with Crippen LogP contribution in [0.15, 0.2) is 42.1 Å². The summed E-state index contributed by atoms with van der Waals surface area (Å²) >= 11 is 0. The second-order valence-electron chi connectivity index (χ2n) is 21.1. The van der Waals surface area contributed by atoms with Gasteiger partial charge in [-0.3, -0.25) is 52.8 Å². The van der Waals surface area contributed by atoms with Crippen molar-refractivity contribution < 1.29 is 82.7 Å². The zero-order chi connectivity index (χ0) is 58.9. The van der Waals surface area contributed by atoms with Crippen molar-refractivity contribution in [2.24, 2.45) is 12.5 Å². The Kier molecular flexibility index (Phi) is 23.8. The maximum Gasteiger partial charge on any atom is 0.410 e. The number of nitrogens with one attached hydrogen (secondary N) is 6. The molecule has 426 valence electrons. The molecule has 2 aromatic rings. The first-order valence-electron chi connectivity index (χ1n) is 24.5. The average molecular weight is 1090 g/mol. The number of para-hydroxylation sites is 1. The van der Waals surface area contributed by atoms with E-state index in [4.69, 9.17) is 9.84 Å². The van der Waals surface area contributed by atoms with Gasteiger partial charge in [0.25, 0.3) is 0 Å². The highest BCUT2D eigenvalue weighted by Gasteiger charge is 2.46. The Morgan fingerprint density at radius 2 is 1.13 bits per heavy atom. The molecular weight excluding hydrogens is 1010 g/mol. The van der Waals surface area contributed by atoms with Gasteiger partial charge in [-0.25, -0.2) is 9.59 Å².